The number of hydrazine groups is 1. The Labute approximate surface area is 225 Å². The molecule has 0 saturated carbocycles. The van der Waals surface area contributed by atoms with Crippen molar-refractivity contribution in [2.24, 2.45) is 17.5 Å². The van der Waals surface area contributed by atoms with Gasteiger partial charge in [0.2, 0.25) is 0 Å². The zero-order valence-electron chi connectivity index (χ0n) is 24.2. The van der Waals surface area contributed by atoms with Crippen molar-refractivity contribution in [2.45, 2.75) is 130 Å². The molecule has 2 aliphatic heterocycles. The normalized spacial score (nSPS) is 24.3. The van der Waals surface area contributed by atoms with Crippen molar-refractivity contribution in [3.05, 3.63) is 9.91 Å². The summed E-state index contributed by atoms with van der Waals surface area (Å²) >= 11 is -2.77. The van der Waals surface area contributed by atoms with Crippen LogP contribution in [0.4, 0.5) is 4.39 Å². The molecule has 0 amide bonds. The van der Waals surface area contributed by atoms with Gasteiger partial charge in [0.1, 0.15) is 0 Å². The summed E-state index contributed by atoms with van der Waals surface area (Å²) in [5.41, 5.74) is 6.98. The maximum atomic E-state index is 13.0. The monoisotopic (exact) mass is 620 g/mol. The van der Waals surface area contributed by atoms with Crippen molar-refractivity contribution in [1.82, 2.24) is 9.91 Å². The number of carbonyl (C=O) groups excluding carboxylic acids is 1. The van der Waals surface area contributed by atoms with Crippen LogP contribution < -0.4 is 11.6 Å². The van der Waals surface area contributed by atoms with Crippen LogP contribution in [0.2, 0.25) is 13.3 Å². The number of fused-ring (bicyclic) bond motifs is 2. The van der Waals surface area contributed by atoms with Gasteiger partial charge < -0.3 is 0 Å². The van der Waals surface area contributed by atoms with Gasteiger partial charge >= 0.3 is 212 Å². The SMILES string of the molecule is CC.CCC[CH2][Sn]([CH2]CCC)([CH2]CCC)/[C](N)=C/N(N)C1CC2CCC(C1C(=O)OC)N2CCCF. The van der Waals surface area contributed by atoms with Crippen molar-refractivity contribution in [3.63, 3.8) is 0 Å². The summed E-state index contributed by atoms with van der Waals surface area (Å²) in [6.07, 6.45) is 12.6. The van der Waals surface area contributed by atoms with Crippen LogP contribution in [0.1, 0.15) is 98.8 Å². The summed E-state index contributed by atoms with van der Waals surface area (Å²) in [5, 5.41) is 1.78. The molecule has 0 spiro atoms. The Hall–Kier alpha value is -0.541. The number of halogens is 1. The van der Waals surface area contributed by atoms with Gasteiger partial charge in [-0.2, -0.15) is 0 Å². The first-order chi connectivity index (χ1) is 17.4. The standard InChI is InChI=1S/C14H24FN4O2.3C4H9.C2H6.Sn/c1-21-14(20)13-11-4-3-10(18(11)7-2-5-15)9-12(13)19(17)8-6-16;3*1-3-4-2;1-2;/h8,10-13H,2-5,7,9,16-17H2,1H3;3*1,3-4H2,2H3;1-2H3;. The fourth-order valence-corrected chi connectivity index (χ4v) is 21.0. The number of piperidine rings is 1. The third kappa shape index (κ3) is 8.75. The van der Waals surface area contributed by atoms with Crippen molar-refractivity contribution in [3.8, 4) is 0 Å². The number of ether oxygens (including phenoxy) is 1. The molecule has 212 valence electrons. The number of carbonyl (C=O) groups is 1. The molecular formula is C28H57FN4O2Sn. The number of unbranched alkanes of at least 4 members (excludes halogenated alkanes) is 3. The maximum absolute atomic E-state index is 13.0. The molecule has 0 aromatic heterocycles. The van der Waals surface area contributed by atoms with Crippen LogP contribution in [0.3, 0.4) is 0 Å². The molecule has 2 aliphatic rings. The van der Waals surface area contributed by atoms with E-state index in [2.05, 4.69) is 25.7 Å². The Balaban J connectivity index is 0.00000316. The number of methoxy groups -OCH3 is 1. The molecule has 2 saturated heterocycles. The van der Waals surface area contributed by atoms with E-state index in [1.807, 2.05) is 20.0 Å². The third-order valence-corrected chi connectivity index (χ3v) is 23.5. The molecule has 0 aliphatic carbocycles. The van der Waals surface area contributed by atoms with E-state index in [1.54, 1.807) is 5.01 Å². The van der Waals surface area contributed by atoms with Crippen LogP contribution in [-0.2, 0) is 9.53 Å². The Kier molecular flexibility index (Phi) is 16.6. The first kappa shape index (κ1) is 33.5. The number of alkyl halides is 1. The van der Waals surface area contributed by atoms with Crippen LogP contribution in [0.15, 0.2) is 9.91 Å². The van der Waals surface area contributed by atoms with E-state index in [1.165, 1.54) is 58.9 Å². The molecule has 4 unspecified atom stereocenters. The Morgan fingerprint density at radius 2 is 1.61 bits per heavy atom. The first-order valence-corrected chi connectivity index (χ1v) is 22.3. The van der Waals surface area contributed by atoms with E-state index in [4.69, 9.17) is 16.3 Å². The molecule has 2 heterocycles. The van der Waals surface area contributed by atoms with Crippen molar-refractivity contribution >= 4 is 24.3 Å². The Morgan fingerprint density at radius 3 is 2.08 bits per heavy atom. The van der Waals surface area contributed by atoms with Crippen LogP contribution in [0.25, 0.3) is 0 Å². The predicted molar refractivity (Wildman–Crippen MR) is 153 cm³/mol. The minimum atomic E-state index is -2.77. The van der Waals surface area contributed by atoms with Crippen molar-refractivity contribution in [1.29, 1.82) is 0 Å². The van der Waals surface area contributed by atoms with E-state index < -0.39 is 18.4 Å². The molecule has 4 N–H and O–H groups in total. The molecule has 2 rings (SSSR count). The van der Waals surface area contributed by atoms with Crippen LogP contribution in [0, 0.1) is 5.92 Å². The summed E-state index contributed by atoms with van der Waals surface area (Å²) in [4.78, 5) is 15.3. The minimum absolute atomic E-state index is 0.0666. The summed E-state index contributed by atoms with van der Waals surface area (Å²) in [6, 6.07) is 0.284. The van der Waals surface area contributed by atoms with Gasteiger partial charge in [-0.1, -0.05) is 13.8 Å². The second kappa shape index (κ2) is 17.9. The number of hydrogen-bond acceptors (Lipinski definition) is 6. The first-order valence-electron chi connectivity index (χ1n) is 14.8. The summed E-state index contributed by atoms with van der Waals surface area (Å²) < 4.78 is 23.1. The Bertz CT molecular complexity index is 629. The van der Waals surface area contributed by atoms with E-state index in [0.29, 0.717) is 19.0 Å². The van der Waals surface area contributed by atoms with E-state index in [0.717, 1.165) is 23.0 Å². The second-order valence-corrected chi connectivity index (χ2v) is 23.8. The molecular weight excluding hydrogens is 562 g/mol. The van der Waals surface area contributed by atoms with Gasteiger partial charge in [-0.3, -0.25) is 0 Å². The van der Waals surface area contributed by atoms with Gasteiger partial charge in [0.15, 0.2) is 0 Å². The molecule has 0 aromatic carbocycles. The zero-order valence-corrected chi connectivity index (χ0v) is 27.1. The molecule has 2 bridgehead atoms. The van der Waals surface area contributed by atoms with Gasteiger partial charge in [0.05, 0.1) is 0 Å². The van der Waals surface area contributed by atoms with Gasteiger partial charge in [-0.05, 0) is 0 Å². The van der Waals surface area contributed by atoms with E-state index in [9.17, 15) is 9.18 Å². The molecule has 6 nitrogen and oxygen atoms in total. The number of nitrogens with two attached hydrogens (primary N) is 2. The average molecular weight is 619 g/mol. The van der Waals surface area contributed by atoms with Crippen molar-refractivity contribution in [2.75, 3.05) is 20.3 Å². The van der Waals surface area contributed by atoms with Crippen LogP contribution in [-0.4, -0.2) is 72.7 Å². The van der Waals surface area contributed by atoms with Crippen LogP contribution >= 0.6 is 0 Å². The Morgan fingerprint density at radius 1 is 1.06 bits per heavy atom. The number of esters is 1. The number of hydrogen-bond donors (Lipinski definition) is 2. The molecule has 4 atom stereocenters. The molecule has 0 aromatic rings. The summed E-state index contributed by atoms with van der Waals surface area (Å²) in [7, 11) is 1.46. The van der Waals surface area contributed by atoms with Gasteiger partial charge in [0.25, 0.3) is 0 Å². The molecule has 8 heteroatoms. The molecule has 36 heavy (non-hydrogen) atoms. The predicted octanol–water partition coefficient (Wildman–Crippen LogP) is 6.13. The van der Waals surface area contributed by atoms with E-state index in [-0.39, 0.29) is 30.6 Å². The number of nitrogens with zero attached hydrogens (tertiary/aromatic N) is 2. The topological polar surface area (TPSA) is 84.8 Å². The van der Waals surface area contributed by atoms with Crippen LogP contribution in [0.5, 0.6) is 0 Å². The van der Waals surface area contributed by atoms with Gasteiger partial charge in [0, 0.05) is 0 Å². The zero-order chi connectivity index (χ0) is 27.1. The third-order valence-electron chi connectivity index (χ3n) is 8.37. The summed E-state index contributed by atoms with van der Waals surface area (Å²) in [5.74, 6) is 6.20. The van der Waals surface area contributed by atoms with Crippen molar-refractivity contribution < 1.29 is 13.9 Å². The number of rotatable bonds is 16. The fraction of sp³-hybridized carbons (Fsp3) is 0.893. The van der Waals surface area contributed by atoms with Gasteiger partial charge in [-0.25, -0.2) is 0 Å². The molecule has 2 fully saturated rings. The fourth-order valence-electron chi connectivity index (χ4n) is 6.38. The van der Waals surface area contributed by atoms with Gasteiger partial charge in [-0.15, -0.1) is 0 Å². The summed E-state index contributed by atoms with van der Waals surface area (Å²) in [6.45, 7) is 11.2. The molecule has 0 radical (unpaired) electrons. The van der Waals surface area contributed by atoms with E-state index >= 15 is 0 Å². The average Bonchev–Trinajstić information content (AvgIpc) is 3.17. The quantitative estimate of drug-likeness (QED) is 0.0937. The second-order valence-electron chi connectivity index (χ2n) is 10.6.